The van der Waals surface area contributed by atoms with Crippen molar-refractivity contribution in [2.45, 2.75) is 38.1 Å². The molecule has 1 N–H and O–H groups in total. The molecule has 1 aromatic carbocycles. The Bertz CT molecular complexity index is 484. The summed E-state index contributed by atoms with van der Waals surface area (Å²) in [6.07, 6.45) is 0.431. The number of carbonyl (C=O) groups is 1. The zero-order valence-electron chi connectivity index (χ0n) is 10.1. The summed E-state index contributed by atoms with van der Waals surface area (Å²) in [5, 5.41) is 4.28. The molecule has 0 saturated carbocycles. The predicted octanol–water partition coefficient (Wildman–Crippen LogP) is 3.55. The van der Waals surface area contributed by atoms with Crippen molar-refractivity contribution in [3.63, 3.8) is 0 Å². The summed E-state index contributed by atoms with van der Waals surface area (Å²) in [5.74, 6) is 0.0496. The lowest BCUT2D eigenvalue weighted by Crippen LogP contribution is -2.48. The standard InChI is InChI=1S/C13H15Cl2NO/c1-12(2)13(3,7-11(17)16-12)9-6-8(14)4-5-10(9)15/h4-6H,7H2,1-3H3,(H,16,17). The quantitative estimate of drug-likeness (QED) is 0.832. The first-order chi connectivity index (χ1) is 7.76. The number of benzene rings is 1. The fourth-order valence-corrected chi connectivity index (χ4v) is 2.92. The molecule has 4 heteroatoms. The third-order valence-electron chi connectivity index (χ3n) is 3.87. The summed E-state index contributed by atoms with van der Waals surface area (Å²) in [5.41, 5.74) is 0.250. The van der Waals surface area contributed by atoms with E-state index in [1.807, 2.05) is 26.8 Å². The summed E-state index contributed by atoms with van der Waals surface area (Å²) in [4.78, 5) is 11.7. The fourth-order valence-electron chi connectivity index (χ4n) is 2.43. The van der Waals surface area contributed by atoms with E-state index in [4.69, 9.17) is 23.2 Å². The molecule has 0 spiro atoms. The molecule has 1 unspecified atom stereocenters. The molecule has 1 heterocycles. The molecule has 1 aromatic rings. The summed E-state index contributed by atoms with van der Waals surface area (Å²) in [6.45, 7) is 6.06. The third kappa shape index (κ3) is 1.94. The minimum atomic E-state index is -0.341. The zero-order chi connectivity index (χ0) is 12.8. The van der Waals surface area contributed by atoms with Gasteiger partial charge < -0.3 is 5.32 Å². The summed E-state index contributed by atoms with van der Waals surface area (Å²) < 4.78 is 0. The number of amides is 1. The van der Waals surface area contributed by atoms with E-state index in [1.165, 1.54) is 0 Å². The van der Waals surface area contributed by atoms with Crippen molar-refractivity contribution in [1.82, 2.24) is 5.32 Å². The summed E-state index contributed by atoms with van der Waals surface area (Å²) in [7, 11) is 0. The maximum atomic E-state index is 11.7. The van der Waals surface area contributed by atoms with Crippen LogP contribution in [0.5, 0.6) is 0 Å². The van der Waals surface area contributed by atoms with E-state index >= 15 is 0 Å². The number of halogens is 2. The van der Waals surface area contributed by atoms with Gasteiger partial charge in [-0.15, -0.1) is 0 Å². The Morgan fingerprint density at radius 1 is 1.24 bits per heavy atom. The van der Waals surface area contributed by atoms with Crippen molar-refractivity contribution in [3.8, 4) is 0 Å². The van der Waals surface area contributed by atoms with E-state index < -0.39 is 0 Å². The van der Waals surface area contributed by atoms with Gasteiger partial charge in [-0.2, -0.15) is 0 Å². The molecule has 0 aliphatic carbocycles. The van der Waals surface area contributed by atoms with Gasteiger partial charge in [-0.1, -0.05) is 30.1 Å². The maximum absolute atomic E-state index is 11.7. The average Bonchev–Trinajstić information content (AvgIpc) is 2.40. The molecule has 17 heavy (non-hydrogen) atoms. The second-order valence-corrected chi connectivity index (χ2v) is 6.15. The smallest absolute Gasteiger partial charge is 0.221 e. The van der Waals surface area contributed by atoms with Crippen LogP contribution < -0.4 is 5.32 Å². The lowest BCUT2D eigenvalue weighted by atomic mass is 9.69. The molecular weight excluding hydrogens is 257 g/mol. The molecule has 1 aliphatic heterocycles. The van der Waals surface area contributed by atoms with Gasteiger partial charge in [-0.05, 0) is 37.6 Å². The van der Waals surface area contributed by atoms with Gasteiger partial charge in [0.1, 0.15) is 0 Å². The molecule has 0 radical (unpaired) electrons. The van der Waals surface area contributed by atoms with Crippen LogP contribution in [0.2, 0.25) is 10.0 Å². The Morgan fingerprint density at radius 2 is 1.88 bits per heavy atom. The Balaban J connectivity index is 2.58. The normalized spacial score (nSPS) is 27.0. The van der Waals surface area contributed by atoms with Crippen LogP contribution in [0, 0.1) is 0 Å². The molecule has 92 valence electrons. The van der Waals surface area contributed by atoms with E-state index in [9.17, 15) is 4.79 Å². The van der Waals surface area contributed by atoms with Crippen molar-refractivity contribution in [3.05, 3.63) is 33.8 Å². The lowest BCUT2D eigenvalue weighted by molar-refractivity contribution is -0.119. The Morgan fingerprint density at radius 3 is 2.41 bits per heavy atom. The monoisotopic (exact) mass is 271 g/mol. The zero-order valence-corrected chi connectivity index (χ0v) is 11.6. The van der Waals surface area contributed by atoms with Crippen molar-refractivity contribution in [1.29, 1.82) is 0 Å². The largest absolute Gasteiger partial charge is 0.350 e. The second kappa shape index (κ2) is 3.89. The third-order valence-corrected chi connectivity index (χ3v) is 4.43. The Kier molecular flexibility index (Phi) is 2.91. The van der Waals surface area contributed by atoms with Crippen molar-refractivity contribution >= 4 is 29.1 Å². The highest BCUT2D eigenvalue weighted by Gasteiger charge is 2.51. The molecular formula is C13H15Cl2NO. The molecule has 1 aliphatic rings. The van der Waals surface area contributed by atoms with E-state index in [0.717, 1.165) is 5.56 Å². The molecule has 1 saturated heterocycles. The number of rotatable bonds is 1. The van der Waals surface area contributed by atoms with Gasteiger partial charge in [-0.25, -0.2) is 0 Å². The summed E-state index contributed by atoms with van der Waals surface area (Å²) >= 11 is 12.3. The molecule has 1 atom stereocenters. The highest BCUT2D eigenvalue weighted by molar-refractivity contribution is 6.33. The average molecular weight is 272 g/mol. The molecule has 2 nitrogen and oxygen atoms in total. The molecule has 0 bridgehead atoms. The SMILES string of the molecule is CC1(C)NC(=O)CC1(C)c1cc(Cl)ccc1Cl. The van der Waals surface area contributed by atoms with Gasteiger partial charge in [0.2, 0.25) is 5.91 Å². The number of nitrogens with one attached hydrogen (secondary N) is 1. The number of hydrogen-bond acceptors (Lipinski definition) is 1. The van der Waals surface area contributed by atoms with Crippen LogP contribution in [0.4, 0.5) is 0 Å². The van der Waals surface area contributed by atoms with E-state index in [1.54, 1.807) is 12.1 Å². The molecule has 1 fully saturated rings. The topological polar surface area (TPSA) is 29.1 Å². The van der Waals surface area contributed by atoms with Gasteiger partial charge in [-0.3, -0.25) is 4.79 Å². The van der Waals surface area contributed by atoms with Crippen molar-refractivity contribution in [2.75, 3.05) is 0 Å². The van der Waals surface area contributed by atoms with Gasteiger partial charge in [0.05, 0.1) is 0 Å². The van der Waals surface area contributed by atoms with Crippen LogP contribution >= 0.6 is 23.2 Å². The minimum absolute atomic E-state index is 0.0496. The highest BCUT2D eigenvalue weighted by atomic mass is 35.5. The minimum Gasteiger partial charge on any atom is -0.350 e. The van der Waals surface area contributed by atoms with Crippen LogP contribution in [0.1, 0.15) is 32.8 Å². The summed E-state index contributed by atoms with van der Waals surface area (Å²) in [6, 6.07) is 5.39. The maximum Gasteiger partial charge on any atom is 0.221 e. The predicted molar refractivity (Wildman–Crippen MR) is 70.7 cm³/mol. The first-order valence-electron chi connectivity index (χ1n) is 5.53. The van der Waals surface area contributed by atoms with Crippen LogP contribution in [0.3, 0.4) is 0 Å². The first-order valence-corrected chi connectivity index (χ1v) is 6.28. The Labute approximate surface area is 111 Å². The van der Waals surface area contributed by atoms with Gasteiger partial charge in [0, 0.05) is 27.4 Å². The fraction of sp³-hybridized carbons (Fsp3) is 0.462. The van der Waals surface area contributed by atoms with Crippen LogP contribution in [0.15, 0.2) is 18.2 Å². The van der Waals surface area contributed by atoms with Gasteiger partial charge in [0.15, 0.2) is 0 Å². The van der Waals surface area contributed by atoms with Gasteiger partial charge >= 0.3 is 0 Å². The van der Waals surface area contributed by atoms with Crippen LogP contribution in [-0.2, 0) is 10.2 Å². The molecule has 2 rings (SSSR count). The van der Waals surface area contributed by atoms with Crippen LogP contribution in [-0.4, -0.2) is 11.4 Å². The first kappa shape index (κ1) is 12.7. The van der Waals surface area contributed by atoms with E-state index in [-0.39, 0.29) is 16.9 Å². The van der Waals surface area contributed by atoms with E-state index in [0.29, 0.717) is 16.5 Å². The molecule has 0 aromatic heterocycles. The highest BCUT2D eigenvalue weighted by Crippen LogP contribution is 2.45. The Hall–Kier alpha value is -0.730. The van der Waals surface area contributed by atoms with Crippen LogP contribution in [0.25, 0.3) is 0 Å². The number of carbonyl (C=O) groups excluding carboxylic acids is 1. The second-order valence-electron chi connectivity index (χ2n) is 5.31. The number of hydrogen-bond donors (Lipinski definition) is 1. The molecule has 1 amide bonds. The van der Waals surface area contributed by atoms with Crippen molar-refractivity contribution < 1.29 is 4.79 Å². The van der Waals surface area contributed by atoms with E-state index in [2.05, 4.69) is 5.32 Å². The van der Waals surface area contributed by atoms with Crippen molar-refractivity contribution in [2.24, 2.45) is 0 Å². The van der Waals surface area contributed by atoms with Gasteiger partial charge in [0.25, 0.3) is 0 Å². The lowest BCUT2D eigenvalue weighted by Gasteiger charge is -2.38.